The van der Waals surface area contributed by atoms with Crippen molar-refractivity contribution in [3.8, 4) is 0 Å². The third-order valence-corrected chi connectivity index (χ3v) is 5.55. The zero-order valence-corrected chi connectivity index (χ0v) is 12.3. The maximum absolute atomic E-state index is 12.4. The van der Waals surface area contributed by atoms with E-state index in [9.17, 15) is 18.5 Å². The number of hydrogen-bond donors (Lipinski definition) is 1. The molecule has 110 valence electrons. The van der Waals surface area contributed by atoms with Gasteiger partial charge in [0.05, 0.1) is 14.8 Å². The molecule has 1 heterocycles. The molecule has 1 saturated heterocycles. The number of benzene rings is 1. The molecule has 1 aromatic rings. The summed E-state index contributed by atoms with van der Waals surface area (Å²) in [5.74, 6) is 0. The lowest BCUT2D eigenvalue weighted by molar-refractivity contribution is -0.385. The Bertz CT molecular complexity index is 662. The molecular formula is C11H14ClN3O4S. The Morgan fingerprint density at radius 1 is 1.50 bits per heavy atom. The molecule has 0 unspecified atom stereocenters. The summed E-state index contributed by atoms with van der Waals surface area (Å²) in [5, 5.41) is 11.0. The van der Waals surface area contributed by atoms with Crippen molar-refractivity contribution >= 4 is 27.3 Å². The monoisotopic (exact) mass is 319 g/mol. The van der Waals surface area contributed by atoms with E-state index in [1.165, 1.54) is 17.3 Å². The van der Waals surface area contributed by atoms with Crippen molar-refractivity contribution < 1.29 is 13.3 Å². The lowest BCUT2D eigenvalue weighted by Crippen LogP contribution is -2.32. The molecule has 1 aliphatic heterocycles. The van der Waals surface area contributed by atoms with E-state index in [2.05, 4.69) is 0 Å². The van der Waals surface area contributed by atoms with E-state index >= 15 is 0 Å². The average Bonchev–Trinajstić information content (AvgIpc) is 2.79. The predicted molar refractivity (Wildman–Crippen MR) is 74.2 cm³/mol. The molecule has 2 N–H and O–H groups in total. The average molecular weight is 320 g/mol. The lowest BCUT2D eigenvalue weighted by Gasteiger charge is -2.16. The minimum absolute atomic E-state index is 0.0567. The van der Waals surface area contributed by atoms with E-state index in [0.29, 0.717) is 13.0 Å². The van der Waals surface area contributed by atoms with Crippen molar-refractivity contribution in [2.24, 2.45) is 5.73 Å². The summed E-state index contributed by atoms with van der Waals surface area (Å²) in [5.41, 5.74) is 5.63. The van der Waals surface area contributed by atoms with Gasteiger partial charge in [-0.05, 0) is 19.4 Å². The van der Waals surface area contributed by atoms with Crippen molar-refractivity contribution in [2.45, 2.75) is 24.3 Å². The van der Waals surface area contributed by atoms with Gasteiger partial charge in [0, 0.05) is 30.8 Å². The van der Waals surface area contributed by atoms with Gasteiger partial charge in [-0.3, -0.25) is 10.1 Å². The quantitative estimate of drug-likeness (QED) is 0.667. The van der Waals surface area contributed by atoms with Crippen LogP contribution in [-0.2, 0) is 10.0 Å². The zero-order chi connectivity index (χ0) is 15.1. The highest BCUT2D eigenvalue weighted by Crippen LogP contribution is 2.31. The van der Waals surface area contributed by atoms with Gasteiger partial charge in [0.2, 0.25) is 10.0 Å². The van der Waals surface area contributed by atoms with E-state index < -0.39 is 14.9 Å². The fraction of sp³-hybridized carbons (Fsp3) is 0.455. The zero-order valence-electron chi connectivity index (χ0n) is 10.7. The Kier molecular flexibility index (Phi) is 4.01. The highest BCUT2D eigenvalue weighted by molar-refractivity contribution is 7.89. The van der Waals surface area contributed by atoms with E-state index in [1.807, 2.05) is 0 Å². The highest BCUT2D eigenvalue weighted by atomic mass is 35.5. The SMILES string of the molecule is Cc1c(Cl)cc(S(=O)(=O)N2CC[C@@H](N)C2)cc1[N+](=O)[O-]. The molecule has 1 aromatic carbocycles. The van der Waals surface area contributed by atoms with Crippen LogP contribution >= 0.6 is 11.6 Å². The van der Waals surface area contributed by atoms with Crippen LogP contribution < -0.4 is 5.73 Å². The van der Waals surface area contributed by atoms with Crippen molar-refractivity contribution in [3.63, 3.8) is 0 Å². The van der Waals surface area contributed by atoms with Crippen molar-refractivity contribution in [1.82, 2.24) is 4.31 Å². The van der Waals surface area contributed by atoms with Gasteiger partial charge < -0.3 is 5.73 Å². The third-order valence-electron chi connectivity index (χ3n) is 3.31. The number of nitro benzene ring substituents is 1. The van der Waals surface area contributed by atoms with Gasteiger partial charge in [0.25, 0.3) is 5.69 Å². The van der Waals surface area contributed by atoms with Crippen molar-refractivity contribution in [3.05, 3.63) is 32.8 Å². The minimum atomic E-state index is -3.80. The summed E-state index contributed by atoms with van der Waals surface area (Å²) in [7, 11) is -3.80. The first-order chi connectivity index (χ1) is 9.23. The fourth-order valence-electron chi connectivity index (χ4n) is 2.10. The van der Waals surface area contributed by atoms with Crippen LogP contribution in [0.15, 0.2) is 17.0 Å². The topological polar surface area (TPSA) is 107 Å². The van der Waals surface area contributed by atoms with Gasteiger partial charge in [-0.15, -0.1) is 0 Å². The lowest BCUT2D eigenvalue weighted by atomic mass is 10.2. The summed E-state index contributed by atoms with van der Waals surface area (Å²) < 4.78 is 26.0. The second kappa shape index (κ2) is 5.28. The van der Waals surface area contributed by atoms with Gasteiger partial charge in [0.1, 0.15) is 0 Å². The number of sulfonamides is 1. The summed E-state index contributed by atoms with van der Waals surface area (Å²) in [6, 6.07) is 2.07. The van der Waals surface area contributed by atoms with Crippen LogP contribution in [0.4, 0.5) is 5.69 Å². The van der Waals surface area contributed by atoms with Crippen LogP contribution in [-0.4, -0.2) is 36.8 Å². The second-order valence-corrected chi connectivity index (χ2v) is 7.06. The van der Waals surface area contributed by atoms with E-state index in [4.69, 9.17) is 17.3 Å². The van der Waals surface area contributed by atoms with E-state index in [-0.39, 0.29) is 33.8 Å². The largest absolute Gasteiger partial charge is 0.326 e. The van der Waals surface area contributed by atoms with Crippen LogP contribution in [0.3, 0.4) is 0 Å². The number of rotatable bonds is 3. The summed E-state index contributed by atoms with van der Waals surface area (Å²) in [6.07, 6.45) is 0.570. The number of nitrogens with zero attached hydrogens (tertiary/aromatic N) is 2. The molecule has 2 rings (SSSR count). The smallest absolute Gasteiger partial charge is 0.275 e. The Morgan fingerprint density at radius 2 is 2.15 bits per heavy atom. The molecule has 0 radical (unpaired) electrons. The molecule has 0 aromatic heterocycles. The molecule has 1 fully saturated rings. The molecule has 0 saturated carbocycles. The predicted octanol–water partition coefficient (Wildman–Crippen LogP) is 1.28. The maximum Gasteiger partial charge on any atom is 0.275 e. The minimum Gasteiger partial charge on any atom is -0.326 e. The third kappa shape index (κ3) is 2.64. The first-order valence-electron chi connectivity index (χ1n) is 5.93. The Hall–Kier alpha value is -1.22. The highest BCUT2D eigenvalue weighted by Gasteiger charge is 2.32. The van der Waals surface area contributed by atoms with Crippen molar-refractivity contribution in [2.75, 3.05) is 13.1 Å². The fourth-order valence-corrected chi connectivity index (χ4v) is 3.94. The Labute approximate surface area is 121 Å². The van der Waals surface area contributed by atoms with Crippen LogP contribution in [0.25, 0.3) is 0 Å². The van der Waals surface area contributed by atoms with Gasteiger partial charge in [-0.25, -0.2) is 8.42 Å². The Balaban J connectivity index is 2.50. The molecular weight excluding hydrogens is 306 g/mol. The van der Waals surface area contributed by atoms with Crippen LogP contribution in [0.5, 0.6) is 0 Å². The molecule has 20 heavy (non-hydrogen) atoms. The first-order valence-corrected chi connectivity index (χ1v) is 7.75. The number of hydrogen-bond acceptors (Lipinski definition) is 5. The van der Waals surface area contributed by atoms with Crippen LogP contribution in [0, 0.1) is 17.0 Å². The molecule has 1 atom stereocenters. The summed E-state index contributed by atoms with van der Waals surface area (Å²) in [6.45, 7) is 1.99. The van der Waals surface area contributed by atoms with Gasteiger partial charge in [0.15, 0.2) is 0 Å². The van der Waals surface area contributed by atoms with Crippen LogP contribution in [0.1, 0.15) is 12.0 Å². The molecule has 0 aliphatic carbocycles. The molecule has 0 amide bonds. The molecule has 1 aliphatic rings. The molecule has 0 bridgehead atoms. The van der Waals surface area contributed by atoms with E-state index in [1.54, 1.807) is 0 Å². The maximum atomic E-state index is 12.4. The van der Waals surface area contributed by atoms with Gasteiger partial charge >= 0.3 is 0 Å². The van der Waals surface area contributed by atoms with Gasteiger partial charge in [-0.2, -0.15) is 4.31 Å². The first kappa shape index (κ1) is 15.2. The Morgan fingerprint density at radius 3 is 2.65 bits per heavy atom. The van der Waals surface area contributed by atoms with E-state index in [0.717, 1.165) is 6.07 Å². The summed E-state index contributed by atoms with van der Waals surface area (Å²) in [4.78, 5) is 10.1. The number of nitrogens with two attached hydrogens (primary N) is 1. The standard InChI is InChI=1S/C11H14ClN3O4S/c1-7-10(12)4-9(5-11(7)15(16)17)20(18,19)14-3-2-8(13)6-14/h4-5,8H,2-3,6,13H2,1H3/t8-/m1/s1. The number of halogens is 1. The molecule has 7 nitrogen and oxygen atoms in total. The van der Waals surface area contributed by atoms with Crippen molar-refractivity contribution in [1.29, 1.82) is 0 Å². The van der Waals surface area contributed by atoms with Crippen LogP contribution in [0.2, 0.25) is 5.02 Å². The second-order valence-electron chi connectivity index (χ2n) is 4.72. The number of nitro groups is 1. The molecule has 9 heteroatoms. The normalized spacial score (nSPS) is 20.2. The molecule has 0 spiro atoms. The van der Waals surface area contributed by atoms with Gasteiger partial charge in [-0.1, -0.05) is 11.6 Å². The summed E-state index contributed by atoms with van der Waals surface area (Å²) >= 11 is 5.89.